The van der Waals surface area contributed by atoms with Gasteiger partial charge in [0.2, 0.25) is 0 Å². The maximum atomic E-state index is 10.3. The predicted octanol–water partition coefficient (Wildman–Crippen LogP) is -1.76. The fraction of sp³-hybridized carbons (Fsp3) is 1.00. The zero-order valence-corrected chi connectivity index (χ0v) is 16.2. The van der Waals surface area contributed by atoms with Gasteiger partial charge in [-0.3, -0.25) is 0 Å². The van der Waals surface area contributed by atoms with E-state index in [9.17, 15) is 18.1 Å². The van der Waals surface area contributed by atoms with Crippen molar-refractivity contribution in [1.82, 2.24) is 5.32 Å². The number of hydrogen-bond acceptors (Lipinski definition) is 5. The van der Waals surface area contributed by atoms with Crippen LogP contribution < -0.4 is 56.7 Å². The molecule has 19 heavy (non-hydrogen) atoms. The molecule has 7 heteroatoms. The minimum atomic E-state index is -4.15. The van der Waals surface area contributed by atoms with Gasteiger partial charge in [0, 0.05) is 13.1 Å². The molecule has 0 radical (unpaired) electrons. The standard InChI is InChI=1S/C12H27NO4S.K/c1-2-3-4-5-6-7-8-12(14)11-13-9-10-18(15,16)17;/h12-14H,2-11H2,1H3,(H,15,16,17);/q;+1/p-1. The average Bonchev–Trinajstić information content (AvgIpc) is 2.28. The van der Waals surface area contributed by atoms with Crippen LogP contribution in [0.4, 0.5) is 0 Å². The number of hydrogen-bond donors (Lipinski definition) is 2. The Hall–Kier alpha value is 1.47. The van der Waals surface area contributed by atoms with Gasteiger partial charge in [-0.25, -0.2) is 8.42 Å². The molecule has 0 amide bonds. The Bertz CT molecular complexity index is 285. The van der Waals surface area contributed by atoms with Crippen LogP contribution in [0.2, 0.25) is 0 Å². The van der Waals surface area contributed by atoms with E-state index >= 15 is 0 Å². The van der Waals surface area contributed by atoms with E-state index in [-0.39, 0.29) is 57.9 Å². The molecule has 0 rings (SSSR count). The van der Waals surface area contributed by atoms with Crippen LogP contribution in [-0.4, -0.2) is 43.0 Å². The van der Waals surface area contributed by atoms with Gasteiger partial charge in [-0.15, -0.1) is 0 Å². The molecule has 0 saturated carbocycles. The molecule has 0 bridgehead atoms. The number of rotatable bonds is 12. The summed E-state index contributed by atoms with van der Waals surface area (Å²) in [5, 5.41) is 12.4. The van der Waals surface area contributed by atoms with E-state index in [1.165, 1.54) is 25.7 Å². The third-order valence-electron chi connectivity index (χ3n) is 2.80. The van der Waals surface area contributed by atoms with E-state index in [4.69, 9.17) is 0 Å². The summed E-state index contributed by atoms with van der Waals surface area (Å²) in [5.74, 6) is -0.420. The smallest absolute Gasteiger partial charge is 0.748 e. The molecule has 0 aromatic rings. The van der Waals surface area contributed by atoms with Gasteiger partial charge in [-0.05, 0) is 6.42 Å². The largest absolute Gasteiger partial charge is 1.00 e. The second-order valence-corrected chi connectivity index (χ2v) is 6.20. The minimum Gasteiger partial charge on any atom is -0.748 e. The topological polar surface area (TPSA) is 89.5 Å². The third-order valence-corrected chi connectivity index (χ3v) is 3.50. The molecule has 0 spiro atoms. The molecule has 1 atom stereocenters. The fourth-order valence-corrected chi connectivity index (χ4v) is 2.12. The second kappa shape index (κ2) is 14.4. The number of nitrogens with one attached hydrogen (secondary N) is 1. The minimum absolute atomic E-state index is 0. The first-order chi connectivity index (χ1) is 8.45. The van der Waals surface area contributed by atoms with E-state index < -0.39 is 22.0 Å². The Morgan fingerprint density at radius 2 is 1.74 bits per heavy atom. The SMILES string of the molecule is CCCCCCCCC(O)CNCCS(=O)(=O)[O-].[K+]. The Morgan fingerprint density at radius 3 is 2.32 bits per heavy atom. The maximum absolute atomic E-state index is 10.3. The summed E-state index contributed by atoms with van der Waals surface area (Å²) < 4.78 is 30.9. The number of aliphatic hydroxyl groups excluding tert-OH is 1. The van der Waals surface area contributed by atoms with Crippen molar-refractivity contribution in [2.75, 3.05) is 18.8 Å². The Balaban J connectivity index is 0. The first kappa shape index (κ1) is 22.7. The fourth-order valence-electron chi connectivity index (χ4n) is 1.73. The Morgan fingerprint density at radius 1 is 1.16 bits per heavy atom. The van der Waals surface area contributed by atoms with Crippen LogP contribution in [0.3, 0.4) is 0 Å². The van der Waals surface area contributed by atoms with Gasteiger partial charge >= 0.3 is 51.4 Å². The molecule has 0 aromatic heterocycles. The second-order valence-electron chi connectivity index (χ2n) is 4.68. The summed E-state index contributed by atoms with van der Waals surface area (Å²) in [5.41, 5.74) is 0. The normalized spacial score (nSPS) is 13.0. The molecule has 5 nitrogen and oxygen atoms in total. The molecular formula is C12H26KNO4S. The van der Waals surface area contributed by atoms with Gasteiger partial charge in [0.15, 0.2) is 0 Å². The molecule has 0 heterocycles. The van der Waals surface area contributed by atoms with Crippen molar-refractivity contribution in [2.24, 2.45) is 0 Å². The van der Waals surface area contributed by atoms with E-state index in [0.29, 0.717) is 6.54 Å². The first-order valence-electron chi connectivity index (χ1n) is 6.78. The van der Waals surface area contributed by atoms with Gasteiger partial charge in [-0.1, -0.05) is 45.4 Å². The van der Waals surface area contributed by atoms with Crippen LogP contribution in [0.5, 0.6) is 0 Å². The van der Waals surface area contributed by atoms with E-state index in [1.54, 1.807) is 0 Å². The zero-order chi connectivity index (χ0) is 13.9. The van der Waals surface area contributed by atoms with Crippen LogP contribution in [0.15, 0.2) is 0 Å². The van der Waals surface area contributed by atoms with Crippen molar-refractivity contribution in [3.8, 4) is 0 Å². The molecule has 0 aliphatic carbocycles. The van der Waals surface area contributed by atoms with Crippen molar-refractivity contribution in [2.45, 2.75) is 58.0 Å². The molecule has 0 fully saturated rings. The molecule has 110 valence electrons. The van der Waals surface area contributed by atoms with Gasteiger partial charge in [0.25, 0.3) is 0 Å². The molecule has 2 N–H and O–H groups in total. The summed E-state index contributed by atoms with van der Waals surface area (Å²) in [6.45, 7) is 2.64. The molecule has 1 unspecified atom stereocenters. The monoisotopic (exact) mass is 319 g/mol. The quantitative estimate of drug-likeness (QED) is 0.253. The van der Waals surface area contributed by atoms with Gasteiger partial charge in [-0.2, -0.15) is 0 Å². The number of unbranched alkanes of at least 4 members (excludes halogenated alkanes) is 5. The molecule has 0 aliphatic rings. The molecular weight excluding hydrogens is 293 g/mol. The first-order valence-corrected chi connectivity index (χ1v) is 8.35. The van der Waals surface area contributed by atoms with E-state index in [0.717, 1.165) is 19.3 Å². The molecule has 0 aromatic carbocycles. The Labute approximate surface area is 160 Å². The maximum Gasteiger partial charge on any atom is 1.00 e. The predicted molar refractivity (Wildman–Crippen MR) is 71.4 cm³/mol. The van der Waals surface area contributed by atoms with Crippen LogP contribution in [-0.2, 0) is 10.1 Å². The van der Waals surface area contributed by atoms with Gasteiger partial charge in [0.05, 0.1) is 22.0 Å². The van der Waals surface area contributed by atoms with Crippen LogP contribution in [0, 0.1) is 0 Å². The third kappa shape index (κ3) is 19.5. The van der Waals surface area contributed by atoms with Crippen molar-refractivity contribution >= 4 is 10.1 Å². The van der Waals surface area contributed by atoms with Gasteiger partial charge < -0.3 is 15.0 Å². The summed E-state index contributed by atoms with van der Waals surface area (Å²) in [6, 6.07) is 0. The van der Waals surface area contributed by atoms with E-state index in [2.05, 4.69) is 12.2 Å². The van der Waals surface area contributed by atoms with Gasteiger partial charge in [0.1, 0.15) is 0 Å². The van der Waals surface area contributed by atoms with Crippen molar-refractivity contribution in [1.29, 1.82) is 0 Å². The Kier molecular flexibility index (Phi) is 17.2. The summed E-state index contributed by atoms with van der Waals surface area (Å²) in [7, 11) is -4.15. The van der Waals surface area contributed by atoms with Crippen LogP contribution in [0.25, 0.3) is 0 Å². The van der Waals surface area contributed by atoms with Crippen LogP contribution in [0.1, 0.15) is 51.9 Å². The van der Waals surface area contributed by atoms with Crippen molar-refractivity contribution < 1.29 is 69.5 Å². The van der Waals surface area contributed by atoms with E-state index in [1.807, 2.05) is 0 Å². The molecule has 0 saturated heterocycles. The molecule has 0 aliphatic heterocycles. The average molecular weight is 320 g/mol. The summed E-state index contributed by atoms with van der Waals surface area (Å²) in [6.07, 6.45) is 7.37. The summed E-state index contributed by atoms with van der Waals surface area (Å²) >= 11 is 0. The summed E-state index contributed by atoms with van der Waals surface area (Å²) in [4.78, 5) is 0. The zero-order valence-electron chi connectivity index (χ0n) is 12.2. The van der Waals surface area contributed by atoms with Crippen LogP contribution >= 0.6 is 0 Å². The van der Waals surface area contributed by atoms with Crippen molar-refractivity contribution in [3.63, 3.8) is 0 Å². The number of aliphatic hydroxyl groups is 1. The van der Waals surface area contributed by atoms with Crippen molar-refractivity contribution in [3.05, 3.63) is 0 Å².